The van der Waals surface area contributed by atoms with E-state index in [9.17, 15) is 0 Å². The third-order valence-electron chi connectivity index (χ3n) is 1.81. The van der Waals surface area contributed by atoms with Crippen molar-refractivity contribution in [2.24, 2.45) is 11.8 Å². The van der Waals surface area contributed by atoms with Crippen LogP contribution in [-0.2, 0) is 4.74 Å². The molecule has 0 spiro atoms. The molecule has 0 saturated heterocycles. The highest BCUT2D eigenvalue weighted by molar-refractivity contribution is 4.81. The molecule has 1 nitrogen and oxygen atoms in total. The second kappa shape index (κ2) is 2.49. The first kappa shape index (κ1) is 6.09. The maximum Gasteiger partial charge on any atom is 0.0496 e. The van der Waals surface area contributed by atoms with Crippen LogP contribution in [-0.4, -0.2) is 13.2 Å². The summed E-state index contributed by atoms with van der Waals surface area (Å²) in [5.41, 5.74) is 0. The molecule has 0 amide bonds. The Balaban J connectivity index is 1.89. The molecule has 1 fully saturated rings. The zero-order valence-electron chi connectivity index (χ0n) is 5.68. The molecule has 0 N–H and O–H groups in total. The maximum absolute atomic E-state index is 5.23. The van der Waals surface area contributed by atoms with Crippen LogP contribution in [0.4, 0.5) is 0 Å². The van der Waals surface area contributed by atoms with Crippen LogP contribution in [0, 0.1) is 11.8 Å². The van der Waals surface area contributed by atoms with Gasteiger partial charge in [-0.3, -0.25) is 0 Å². The molecule has 0 heterocycles. The summed E-state index contributed by atoms with van der Waals surface area (Å²) in [5, 5.41) is 0. The molecule has 1 aliphatic carbocycles. The molecule has 0 bridgehead atoms. The van der Waals surface area contributed by atoms with Gasteiger partial charge in [0.25, 0.3) is 0 Å². The van der Waals surface area contributed by atoms with Crippen LogP contribution in [0.3, 0.4) is 0 Å². The third kappa shape index (κ3) is 1.48. The Morgan fingerprint density at radius 2 is 2.25 bits per heavy atom. The van der Waals surface area contributed by atoms with Crippen molar-refractivity contribution in [3.63, 3.8) is 0 Å². The Labute approximate surface area is 51.0 Å². The molecule has 48 valence electrons. The summed E-state index contributed by atoms with van der Waals surface area (Å²) in [5.74, 6) is 1.84. The molecule has 0 radical (unpaired) electrons. The lowest BCUT2D eigenvalue weighted by atomic mass is 10.4. The number of hydrogen-bond donors (Lipinski definition) is 0. The van der Waals surface area contributed by atoms with Gasteiger partial charge in [-0.25, -0.2) is 0 Å². The molecule has 0 aromatic heterocycles. The van der Waals surface area contributed by atoms with E-state index in [0.29, 0.717) is 0 Å². The fraction of sp³-hybridized carbons (Fsp3) is 1.00. The second-order valence-electron chi connectivity index (χ2n) is 2.63. The zero-order chi connectivity index (χ0) is 5.98. The first-order valence-corrected chi connectivity index (χ1v) is 3.42. The molecule has 1 rings (SSSR count). The van der Waals surface area contributed by atoms with E-state index in [4.69, 9.17) is 4.74 Å². The molecule has 1 saturated carbocycles. The summed E-state index contributed by atoms with van der Waals surface area (Å²) in [6.45, 7) is 6.21. The summed E-state index contributed by atoms with van der Waals surface area (Å²) in [6.07, 6.45) is 1.39. The van der Waals surface area contributed by atoms with E-state index in [1.807, 2.05) is 6.92 Å². The minimum absolute atomic E-state index is 0.878. The predicted octanol–water partition coefficient (Wildman–Crippen LogP) is 1.68. The highest BCUT2D eigenvalue weighted by atomic mass is 16.5. The van der Waals surface area contributed by atoms with Crippen LogP contribution in [0.2, 0.25) is 0 Å². The van der Waals surface area contributed by atoms with Crippen LogP contribution in [0.1, 0.15) is 20.3 Å². The lowest BCUT2D eigenvalue weighted by Crippen LogP contribution is -1.95. The van der Waals surface area contributed by atoms with Crippen LogP contribution in [0.25, 0.3) is 0 Å². The van der Waals surface area contributed by atoms with Crippen molar-refractivity contribution in [2.45, 2.75) is 20.3 Å². The van der Waals surface area contributed by atoms with Crippen molar-refractivity contribution in [2.75, 3.05) is 13.2 Å². The van der Waals surface area contributed by atoms with Gasteiger partial charge in [0.15, 0.2) is 0 Å². The lowest BCUT2D eigenvalue weighted by Gasteiger charge is -1.95. The van der Waals surface area contributed by atoms with Crippen molar-refractivity contribution in [3.8, 4) is 0 Å². The fourth-order valence-corrected chi connectivity index (χ4v) is 0.901. The van der Waals surface area contributed by atoms with Gasteiger partial charge in [-0.1, -0.05) is 6.92 Å². The Bertz CT molecular complexity index is 70.8. The topological polar surface area (TPSA) is 9.23 Å². The van der Waals surface area contributed by atoms with Gasteiger partial charge >= 0.3 is 0 Å². The molecule has 2 unspecified atom stereocenters. The molecule has 0 aliphatic heterocycles. The summed E-state index contributed by atoms with van der Waals surface area (Å²) in [7, 11) is 0. The van der Waals surface area contributed by atoms with Crippen LogP contribution >= 0.6 is 0 Å². The second-order valence-corrected chi connectivity index (χ2v) is 2.63. The number of rotatable bonds is 3. The first-order chi connectivity index (χ1) is 3.84. The molecule has 1 aliphatic rings. The van der Waals surface area contributed by atoms with Crippen LogP contribution < -0.4 is 0 Å². The van der Waals surface area contributed by atoms with Gasteiger partial charge in [0, 0.05) is 13.2 Å². The smallest absolute Gasteiger partial charge is 0.0496 e. The molecule has 1 heteroatoms. The van der Waals surface area contributed by atoms with Crippen LogP contribution in [0.15, 0.2) is 0 Å². The van der Waals surface area contributed by atoms with Crippen LogP contribution in [0.5, 0.6) is 0 Å². The van der Waals surface area contributed by atoms with Crippen molar-refractivity contribution >= 4 is 0 Å². The molecule has 0 aromatic rings. The monoisotopic (exact) mass is 114 g/mol. The van der Waals surface area contributed by atoms with E-state index >= 15 is 0 Å². The van der Waals surface area contributed by atoms with E-state index in [-0.39, 0.29) is 0 Å². The molecule has 8 heavy (non-hydrogen) atoms. The predicted molar refractivity (Wildman–Crippen MR) is 33.8 cm³/mol. The Morgan fingerprint density at radius 1 is 1.62 bits per heavy atom. The normalized spacial score (nSPS) is 35.2. The summed E-state index contributed by atoms with van der Waals surface area (Å²) >= 11 is 0. The molecule has 2 atom stereocenters. The average Bonchev–Trinajstić information content (AvgIpc) is 2.42. The van der Waals surface area contributed by atoms with E-state index < -0.39 is 0 Å². The van der Waals surface area contributed by atoms with Gasteiger partial charge in [0.1, 0.15) is 0 Å². The standard InChI is InChI=1S/C7H14O/c1-3-8-5-7-4-6(7)2/h6-7H,3-5H2,1-2H3. The Kier molecular flexibility index (Phi) is 1.90. The van der Waals surface area contributed by atoms with E-state index in [0.717, 1.165) is 25.0 Å². The molecular formula is C7H14O. The lowest BCUT2D eigenvalue weighted by molar-refractivity contribution is 0.134. The summed E-state index contributed by atoms with van der Waals surface area (Å²) < 4.78 is 5.23. The average molecular weight is 114 g/mol. The van der Waals surface area contributed by atoms with E-state index in [1.165, 1.54) is 6.42 Å². The zero-order valence-corrected chi connectivity index (χ0v) is 5.68. The highest BCUT2D eigenvalue weighted by Gasteiger charge is 2.31. The summed E-state index contributed by atoms with van der Waals surface area (Å²) in [6, 6.07) is 0. The Hall–Kier alpha value is -0.0400. The summed E-state index contributed by atoms with van der Waals surface area (Å²) in [4.78, 5) is 0. The molecular weight excluding hydrogens is 100 g/mol. The van der Waals surface area contributed by atoms with E-state index in [2.05, 4.69) is 6.92 Å². The number of ether oxygens (including phenoxy) is 1. The molecule has 0 aromatic carbocycles. The van der Waals surface area contributed by atoms with Crippen molar-refractivity contribution in [3.05, 3.63) is 0 Å². The SMILES string of the molecule is CCOCC1CC1C. The minimum Gasteiger partial charge on any atom is -0.381 e. The van der Waals surface area contributed by atoms with Gasteiger partial charge in [0.05, 0.1) is 0 Å². The van der Waals surface area contributed by atoms with Crippen molar-refractivity contribution in [1.82, 2.24) is 0 Å². The van der Waals surface area contributed by atoms with Crippen molar-refractivity contribution in [1.29, 1.82) is 0 Å². The van der Waals surface area contributed by atoms with Gasteiger partial charge in [-0.05, 0) is 25.2 Å². The third-order valence-corrected chi connectivity index (χ3v) is 1.81. The first-order valence-electron chi connectivity index (χ1n) is 3.42. The van der Waals surface area contributed by atoms with Gasteiger partial charge in [-0.2, -0.15) is 0 Å². The van der Waals surface area contributed by atoms with Gasteiger partial charge in [-0.15, -0.1) is 0 Å². The number of hydrogen-bond acceptors (Lipinski definition) is 1. The highest BCUT2D eigenvalue weighted by Crippen LogP contribution is 2.37. The Morgan fingerprint density at radius 3 is 2.62 bits per heavy atom. The van der Waals surface area contributed by atoms with Crippen molar-refractivity contribution < 1.29 is 4.74 Å². The fourth-order valence-electron chi connectivity index (χ4n) is 0.901. The minimum atomic E-state index is 0.878. The maximum atomic E-state index is 5.23. The van der Waals surface area contributed by atoms with Gasteiger partial charge < -0.3 is 4.74 Å². The van der Waals surface area contributed by atoms with E-state index in [1.54, 1.807) is 0 Å². The largest absolute Gasteiger partial charge is 0.381 e. The quantitative estimate of drug-likeness (QED) is 0.542. The van der Waals surface area contributed by atoms with Gasteiger partial charge in [0.2, 0.25) is 0 Å².